The van der Waals surface area contributed by atoms with Crippen LogP contribution in [0, 0.1) is 0 Å². The lowest BCUT2D eigenvalue weighted by atomic mass is 9.98. The predicted molar refractivity (Wildman–Crippen MR) is 63.1 cm³/mol. The third kappa shape index (κ3) is 2.62. The van der Waals surface area contributed by atoms with E-state index in [1.165, 1.54) is 0 Å². The summed E-state index contributed by atoms with van der Waals surface area (Å²) < 4.78 is 5.17. The van der Waals surface area contributed by atoms with E-state index in [-0.39, 0.29) is 11.9 Å². The molecule has 0 aliphatic carbocycles. The monoisotopic (exact) mass is 235 g/mol. The minimum Gasteiger partial charge on any atom is -0.379 e. The molecule has 2 rings (SSSR count). The minimum atomic E-state index is -0.874. The summed E-state index contributed by atoms with van der Waals surface area (Å²) in [6, 6.07) is 3.67. The van der Waals surface area contributed by atoms with Gasteiger partial charge in [-0.1, -0.05) is 0 Å². The largest absolute Gasteiger partial charge is 0.379 e. The van der Waals surface area contributed by atoms with Gasteiger partial charge in [-0.25, -0.2) is 0 Å². The minimum absolute atomic E-state index is 0.0773. The third-order valence-electron chi connectivity index (χ3n) is 3.06. The SMILES string of the molecule is C[C@@H](NC(=O)C1(N)CCOC1)c1ccncc1. The van der Waals surface area contributed by atoms with Crippen molar-refractivity contribution in [3.05, 3.63) is 30.1 Å². The van der Waals surface area contributed by atoms with Crippen molar-refractivity contribution in [3.63, 3.8) is 0 Å². The van der Waals surface area contributed by atoms with Crippen LogP contribution in [0.3, 0.4) is 0 Å². The number of rotatable bonds is 3. The van der Waals surface area contributed by atoms with E-state index in [2.05, 4.69) is 10.3 Å². The zero-order valence-corrected chi connectivity index (χ0v) is 9.85. The molecule has 1 aromatic rings. The Kier molecular flexibility index (Phi) is 3.40. The summed E-state index contributed by atoms with van der Waals surface area (Å²) in [6.45, 7) is 2.77. The molecule has 0 saturated carbocycles. The highest BCUT2D eigenvalue weighted by atomic mass is 16.5. The fourth-order valence-electron chi connectivity index (χ4n) is 1.84. The topological polar surface area (TPSA) is 77.2 Å². The highest BCUT2D eigenvalue weighted by molar-refractivity contribution is 5.86. The number of nitrogens with one attached hydrogen (secondary N) is 1. The van der Waals surface area contributed by atoms with Crippen LogP contribution in [0.2, 0.25) is 0 Å². The first kappa shape index (κ1) is 12.0. The van der Waals surface area contributed by atoms with Gasteiger partial charge in [-0.05, 0) is 31.0 Å². The Hall–Kier alpha value is -1.46. The Balaban J connectivity index is 1.99. The first-order valence-electron chi connectivity index (χ1n) is 5.69. The van der Waals surface area contributed by atoms with E-state index in [0.717, 1.165) is 5.56 Å². The van der Waals surface area contributed by atoms with Crippen LogP contribution in [-0.2, 0) is 9.53 Å². The maximum Gasteiger partial charge on any atom is 0.243 e. The van der Waals surface area contributed by atoms with Crippen molar-refractivity contribution in [2.45, 2.75) is 24.9 Å². The molecule has 3 N–H and O–H groups in total. The van der Waals surface area contributed by atoms with Crippen molar-refractivity contribution >= 4 is 5.91 Å². The van der Waals surface area contributed by atoms with Crippen molar-refractivity contribution in [2.24, 2.45) is 5.73 Å². The van der Waals surface area contributed by atoms with E-state index < -0.39 is 5.54 Å². The number of nitrogens with two attached hydrogens (primary N) is 1. The van der Waals surface area contributed by atoms with Gasteiger partial charge < -0.3 is 15.8 Å². The van der Waals surface area contributed by atoms with Crippen LogP contribution in [-0.4, -0.2) is 29.6 Å². The lowest BCUT2D eigenvalue weighted by molar-refractivity contribution is -0.127. The molecule has 1 aromatic heterocycles. The second-order valence-corrected chi connectivity index (χ2v) is 4.43. The molecule has 2 atom stereocenters. The number of nitrogens with zero attached hydrogens (tertiary/aromatic N) is 1. The van der Waals surface area contributed by atoms with Gasteiger partial charge in [-0.2, -0.15) is 0 Å². The molecule has 1 aliphatic rings. The number of aromatic nitrogens is 1. The summed E-state index contributed by atoms with van der Waals surface area (Å²) in [6.07, 6.45) is 3.98. The van der Waals surface area contributed by atoms with E-state index in [0.29, 0.717) is 19.6 Å². The maximum absolute atomic E-state index is 12.0. The Labute approximate surface area is 100 Å². The van der Waals surface area contributed by atoms with Gasteiger partial charge in [0, 0.05) is 19.0 Å². The smallest absolute Gasteiger partial charge is 0.243 e. The average Bonchev–Trinajstić information content (AvgIpc) is 2.78. The van der Waals surface area contributed by atoms with Gasteiger partial charge in [0.2, 0.25) is 5.91 Å². The first-order chi connectivity index (χ1) is 8.12. The highest BCUT2D eigenvalue weighted by Crippen LogP contribution is 2.18. The molecule has 2 heterocycles. The van der Waals surface area contributed by atoms with E-state index >= 15 is 0 Å². The quantitative estimate of drug-likeness (QED) is 0.794. The zero-order valence-electron chi connectivity index (χ0n) is 9.85. The van der Waals surface area contributed by atoms with Crippen LogP contribution in [0.1, 0.15) is 24.9 Å². The van der Waals surface area contributed by atoms with Crippen LogP contribution >= 0.6 is 0 Å². The number of ether oxygens (including phenoxy) is 1. The van der Waals surface area contributed by atoms with Crippen LogP contribution in [0.15, 0.2) is 24.5 Å². The van der Waals surface area contributed by atoms with Crippen LogP contribution in [0.4, 0.5) is 0 Å². The number of carbonyl (C=O) groups is 1. The van der Waals surface area contributed by atoms with Crippen molar-refractivity contribution < 1.29 is 9.53 Å². The molecule has 17 heavy (non-hydrogen) atoms. The summed E-state index contributed by atoms with van der Waals surface area (Å²) >= 11 is 0. The molecule has 92 valence electrons. The summed E-state index contributed by atoms with van der Waals surface area (Å²) in [7, 11) is 0. The van der Waals surface area contributed by atoms with E-state index in [9.17, 15) is 4.79 Å². The van der Waals surface area contributed by atoms with Crippen LogP contribution in [0.5, 0.6) is 0 Å². The van der Waals surface area contributed by atoms with Gasteiger partial charge in [-0.15, -0.1) is 0 Å². The first-order valence-corrected chi connectivity index (χ1v) is 5.69. The standard InChI is InChI=1S/C12H17N3O2/c1-9(10-2-5-14-6-3-10)15-11(16)12(13)4-7-17-8-12/h2-3,5-6,9H,4,7-8,13H2,1H3,(H,15,16)/t9-,12?/m1/s1. The van der Waals surface area contributed by atoms with E-state index in [1.807, 2.05) is 19.1 Å². The molecule has 1 fully saturated rings. The number of hydrogen-bond acceptors (Lipinski definition) is 4. The normalized spacial score (nSPS) is 25.5. The van der Waals surface area contributed by atoms with Crippen LogP contribution in [0.25, 0.3) is 0 Å². The molecule has 5 heteroatoms. The Bertz CT molecular complexity index is 388. The molecule has 1 saturated heterocycles. The summed E-state index contributed by atoms with van der Waals surface area (Å²) in [5.74, 6) is -0.153. The molecule has 0 radical (unpaired) electrons. The van der Waals surface area contributed by atoms with Gasteiger partial charge in [0.15, 0.2) is 0 Å². The zero-order chi connectivity index (χ0) is 12.3. The summed E-state index contributed by atoms with van der Waals surface area (Å²) in [5.41, 5.74) is 6.12. The van der Waals surface area contributed by atoms with Crippen LogP contribution < -0.4 is 11.1 Å². The lowest BCUT2D eigenvalue weighted by Gasteiger charge is -2.23. The van der Waals surface area contributed by atoms with Gasteiger partial charge >= 0.3 is 0 Å². The van der Waals surface area contributed by atoms with Gasteiger partial charge in [-0.3, -0.25) is 9.78 Å². The summed E-state index contributed by atoms with van der Waals surface area (Å²) in [4.78, 5) is 16.0. The van der Waals surface area contributed by atoms with Gasteiger partial charge in [0.05, 0.1) is 12.6 Å². The molecule has 1 amide bonds. The average molecular weight is 235 g/mol. The van der Waals surface area contributed by atoms with Crippen molar-refractivity contribution in [1.82, 2.24) is 10.3 Å². The molecule has 0 spiro atoms. The lowest BCUT2D eigenvalue weighted by Crippen LogP contribution is -2.54. The van der Waals surface area contributed by atoms with Crippen molar-refractivity contribution in [2.75, 3.05) is 13.2 Å². The maximum atomic E-state index is 12.0. The number of pyridine rings is 1. The molecular weight excluding hydrogens is 218 g/mol. The van der Waals surface area contributed by atoms with Crippen molar-refractivity contribution in [1.29, 1.82) is 0 Å². The second kappa shape index (κ2) is 4.81. The van der Waals surface area contributed by atoms with Gasteiger partial charge in [0.25, 0.3) is 0 Å². The second-order valence-electron chi connectivity index (χ2n) is 4.43. The predicted octanol–water partition coefficient (Wildman–Crippen LogP) is 0.377. The molecule has 0 aromatic carbocycles. The number of hydrogen-bond donors (Lipinski definition) is 2. The van der Waals surface area contributed by atoms with E-state index in [4.69, 9.17) is 10.5 Å². The van der Waals surface area contributed by atoms with Gasteiger partial charge in [0.1, 0.15) is 5.54 Å². The number of carbonyl (C=O) groups excluding carboxylic acids is 1. The molecule has 1 unspecified atom stereocenters. The molecule has 0 bridgehead atoms. The fraction of sp³-hybridized carbons (Fsp3) is 0.500. The highest BCUT2D eigenvalue weighted by Gasteiger charge is 2.38. The molecular formula is C12H17N3O2. The molecule has 1 aliphatic heterocycles. The third-order valence-corrected chi connectivity index (χ3v) is 3.06. The Morgan fingerprint density at radius 2 is 2.29 bits per heavy atom. The molecule has 5 nitrogen and oxygen atoms in total. The Morgan fingerprint density at radius 3 is 2.88 bits per heavy atom. The number of amides is 1. The van der Waals surface area contributed by atoms with E-state index in [1.54, 1.807) is 12.4 Å². The fourth-order valence-corrected chi connectivity index (χ4v) is 1.84. The van der Waals surface area contributed by atoms with Crippen molar-refractivity contribution in [3.8, 4) is 0 Å². The Morgan fingerprint density at radius 1 is 1.59 bits per heavy atom. The summed E-state index contributed by atoms with van der Waals surface area (Å²) in [5, 5.41) is 2.91.